The molecule has 2 nitrogen and oxygen atoms in total. The van der Waals surface area contributed by atoms with Gasteiger partial charge in [-0.1, -0.05) is 24.4 Å². The maximum Gasteiger partial charge on any atom is 0.255 e. The second-order valence-electron chi connectivity index (χ2n) is 6.25. The first-order valence-corrected chi connectivity index (χ1v) is 9.38. The summed E-state index contributed by atoms with van der Waals surface area (Å²) in [5.74, 6) is 0.818. The van der Waals surface area contributed by atoms with E-state index in [-0.39, 0.29) is 5.91 Å². The fourth-order valence-electron chi connectivity index (χ4n) is 3.99. The van der Waals surface area contributed by atoms with Crippen LogP contribution in [0.5, 0.6) is 0 Å². The molecule has 0 aromatic heterocycles. The van der Waals surface area contributed by atoms with Crippen LogP contribution in [-0.4, -0.2) is 29.1 Å². The predicted octanol–water partition coefficient (Wildman–Crippen LogP) is 4.86. The normalized spacial score (nSPS) is 28.5. The first-order chi connectivity index (χ1) is 10.1. The van der Waals surface area contributed by atoms with Crippen molar-refractivity contribution in [2.45, 2.75) is 56.0 Å². The van der Waals surface area contributed by atoms with Crippen molar-refractivity contribution in [3.8, 4) is 0 Å². The average Bonchev–Trinajstić information content (AvgIpc) is 2.83. The van der Waals surface area contributed by atoms with E-state index >= 15 is 0 Å². The standard InChI is InChI=1S/C17H22ClNOS/c1-11-9-12-5-3-4-6-16(12)19(11)17(20)14-10-13(21-2)7-8-15(14)18/h7-8,10-12,16H,3-6,9H2,1-2H3. The van der Waals surface area contributed by atoms with E-state index < -0.39 is 0 Å². The lowest BCUT2D eigenvalue weighted by molar-refractivity contribution is 0.0633. The second kappa shape index (κ2) is 6.21. The molecular weight excluding hydrogens is 302 g/mol. The molecule has 1 aliphatic carbocycles. The van der Waals surface area contributed by atoms with E-state index in [0.717, 1.165) is 17.7 Å². The minimum absolute atomic E-state index is 0.123. The smallest absolute Gasteiger partial charge is 0.255 e. The van der Waals surface area contributed by atoms with Crippen LogP contribution < -0.4 is 0 Å². The predicted molar refractivity (Wildman–Crippen MR) is 89.2 cm³/mol. The molecule has 2 fully saturated rings. The maximum atomic E-state index is 13.0. The minimum atomic E-state index is 0.123. The molecule has 114 valence electrons. The second-order valence-corrected chi connectivity index (χ2v) is 7.54. The maximum absolute atomic E-state index is 13.0. The molecule has 3 unspecified atom stereocenters. The number of likely N-dealkylation sites (tertiary alicyclic amines) is 1. The summed E-state index contributed by atoms with van der Waals surface area (Å²) in [6.45, 7) is 2.18. The number of carbonyl (C=O) groups is 1. The quantitative estimate of drug-likeness (QED) is 0.725. The summed E-state index contributed by atoms with van der Waals surface area (Å²) in [6, 6.07) is 6.52. The van der Waals surface area contributed by atoms with Crippen molar-refractivity contribution < 1.29 is 4.79 Å². The van der Waals surface area contributed by atoms with Gasteiger partial charge in [-0.15, -0.1) is 11.8 Å². The van der Waals surface area contributed by atoms with E-state index in [0.29, 0.717) is 28.6 Å². The zero-order valence-corrected chi connectivity index (χ0v) is 14.2. The van der Waals surface area contributed by atoms with Crippen molar-refractivity contribution in [2.75, 3.05) is 6.26 Å². The van der Waals surface area contributed by atoms with E-state index in [1.54, 1.807) is 11.8 Å². The number of hydrogen-bond donors (Lipinski definition) is 0. The first kappa shape index (κ1) is 15.2. The van der Waals surface area contributed by atoms with Crippen molar-refractivity contribution in [1.29, 1.82) is 0 Å². The first-order valence-electron chi connectivity index (χ1n) is 7.78. The third-order valence-corrected chi connectivity index (χ3v) is 6.04. The summed E-state index contributed by atoms with van der Waals surface area (Å²) >= 11 is 7.94. The van der Waals surface area contributed by atoms with Crippen molar-refractivity contribution in [2.24, 2.45) is 5.92 Å². The minimum Gasteiger partial charge on any atom is -0.333 e. The summed E-state index contributed by atoms with van der Waals surface area (Å²) < 4.78 is 0. The molecule has 3 rings (SSSR count). The molecule has 0 N–H and O–H groups in total. The molecule has 1 saturated heterocycles. The lowest BCUT2D eigenvalue weighted by Gasteiger charge is -2.33. The Hall–Kier alpha value is -0.670. The molecule has 1 aromatic carbocycles. The number of rotatable bonds is 2. The summed E-state index contributed by atoms with van der Waals surface area (Å²) in [7, 11) is 0. The zero-order valence-electron chi connectivity index (χ0n) is 12.6. The number of fused-ring (bicyclic) bond motifs is 1. The number of halogens is 1. The van der Waals surface area contributed by atoms with Gasteiger partial charge in [0.1, 0.15) is 0 Å². The highest BCUT2D eigenvalue weighted by atomic mass is 35.5. The van der Waals surface area contributed by atoms with Gasteiger partial charge in [0.25, 0.3) is 5.91 Å². The van der Waals surface area contributed by atoms with Gasteiger partial charge in [0.2, 0.25) is 0 Å². The van der Waals surface area contributed by atoms with Gasteiger partial charge in [0, 0.05) is 17.0 Å². The Bertz CT molecular complexity index is 548. The third kappa shape index (κ3) is 2.83. The molecule has 0 radical (unpaired) electrons. The molecular formula is C17H22ClNOS. The molecule has 0 bridgehead atoms. The summed E-state index contributed by atoms with van der Waals surface area (Å²) in [4.78, 5) is 16.2. The van der Waals surface area contributed by atoms with Gasteiger partial charge in [0.15, 0.2) is 0 Å². The van der Waals surface area contributed by atoms with Crippen LogP contribution in [0.15, 0.2) is 23.1 Å². The Morgan fingerprint density at radius 1 is 1.33 bits per heavy atom. The summed E-state index contributed by atoms with van der Waals surface area (Å²) in [5, 5.41) is 0.573. The summed E-state index contributed by atoms with van der Waals surface area (Å²) in [5.41, 5.74) is 0.668. The van der Waals surface area contributed by atoms with Crippen LogP contribution in [0.1, 0.15) is 49.4 Å². The topological polar surface area (TPSA) is 20.3 Å². The molecule has 1 aliphatic heterocycles. The van der Waals surface area contributed by atoms with E-state index in [9.17, 15) is 4.79 Å². The number of nitrogens with zero attached hydrogens (tertiary/aromatic N) is 1. The highest BCUT2D eigenvalue weighted by molar-refractivity contribution is 7.98. The molecule has 1 amide bonds. The van der Waals surface area contributed by atoms with Crippen LogP contribution in [0.4, 0.5) is 0 Å². The van der Waals surface area contributed by atoms with Gasteiger partial charge in [-0.05, 0) is 56.6 Å². The Morgan fingerprint density at radius 3 is 2.86 bits per heavy atom. The Labute approximate surface area is 136 Å². The fraction of sp³-hybridized carbons (Fsp3) is 0.588. The highest BCUT2D eigenvalue weighted by Gasteiger charge is 2.42. The van der Waals surface area contributed by atoms with E-state index in [1.807, 2.05) is 24.5 Å². The monoisotopic (exact) mass is 323 g/mol. The average molecular weight is 324 g/mol. The lowest BCUT2D eigenvalue weighted by atomic mass is 9.85. The van der Waals surface area contributed by atoms with Crippen LogP contribution in [-0.2, 0) is 0 Å². The third-order valence-electron chi connectivity index (χ3n) is 4.98. The molecule has 4 heteroatoms. The van der Waals surface area contributed by atoms with E-state index in [1.165, 1.54) is 19.3 Å². The number of benzene rings is 1. The van der Waals surface area contributed by atoms with Crippen LogP contribution in [0.2, 0.25) is 5.02 Å². The van der Waals surface area contributed by atoms with Crippen molar-refractivity contribution in [1.82, 2.24) is 4.90 Å². The molecule has 3 atom stereocenters. The zero-order chi connectivity index (χ0) is 15.0. The van der Waals surface area contributed by atoms with Crippen molar-refractivity contribution in [3.63, 3.8) is 0 Å². The fourth-order valence-corrected chi connectivity index (χ4v) is 4.63. The van der Waals surface area contributed by atoms with Crippen LogP contribution >= 0.6 is 23.4 Å². The highest BCUT2D eigenvalue weighted by Crippen LogP contribution is 2.40. The largest absolute Gasteiger partial charge is 0.333 e. The van der Waals surface area contributed by atoms with Gasteiger partial charge in [-0.25, -0.2) is 0 Å². The number of thioether (sulfide) groups is 1. The van der Waals surface area contributed by atoms with Gasteiger partial charge < -0.3 is 4.90 Å². The Kier molecular flexibility index (Phi) is 4.51. The molecule has 21 heavy (non-hydrogen) atoms. The Morgan fingerprint density at radius 2 is 2.10 bits per heavy atom. The molecule has 1 aromatic rings. The van der Waals surface area contributed by atoms with Crippen LogP contribution in [0, 0.1) is 5.92 Å². The number of amides is 1. The lowest BCUT2D eigenvalue weighted by Crippen LogP contribution is -2.42. The van der Waals surface area contributed by atoms with Crippen LogP contribution in [0.3, 0.4) is 0 Å². The molecule has 1 saturated carbocycles. The number of carbonyl (C=O) groups excluding carboxylic acids is 1. The molecule has 2 aliphatic rings. The van der Waals surface area contributed by atoms with Gasteiger partial charge in [0.05, 0.1) is 10.6 Å². The Balaban J connectivity index is 1.90. The molecule has 1 heterocycles. The van der Waals surface area contributed by atoms with Gasteiger partial charge in [-0.2, -0.15) is 0 Å². The summed E-state index contributed by atoms with van der Waals surface area (Å²) in [6.07, 6.45) is 8.16. The van der Waals surface area contributed by atoms with Crippen LogP contribution in [0.25, 0.3) is 0 Å². The van der Waals surface area contributed by atoms with Crippen molar-refractivity contribution in [3.05, 3.63) is 28.8 Å². The number of hydrogen-bond acceptors (Lipinski definition) is 2. The van der Waals surface area contributed by atoms with Gasteiger partial charge in [-0.3, -0.25) is 4.79 Å². The van der Waals surface area contributed by atoms with E-state index in [2.05, 4.69) is 11.8 Å². The van der Waals surface area contributed by atoms with E-state index in [4.69, 9.17) is 11.6 Å². The SMILES string of the molecule is CSc1ccc(Cl)c(C(=O)N2C(C)CC3CCCCC32)c1. The van der Waals surface area contributed by atoms with Crippen molar-refractivity contribution >= 4 is 29.3 Å². The molecule has 0 spiro atoms. The van der Waals surface area contributed by atoms with Gasteiger partial charge >= 0.3 is 0 Å².